The van der Waals surface area contributed by atoms with Gasteiger partial charge in [0.25, 0.3) is 0 Å². The summed E-state index contributed by atoms with van der Waals surface area (Å²) in [4.78, 5) is 11.6. The Hall–Kier alpha value is -1.92. The van der Waals surface area contributed by atoms with Crippen LogP contribution in [0.5, 0.6) is 0 Å². The minimum Gasteiger partial charge on any atom is -0.389 e. The van der Waals surface area contributed by atoms with Crippen LogP contribution in [0.15, 0.2) is 24.3 Å². The topological polar surface area (TPSA) is 86.9 Å². The molecule has 0 aliphatic heterocycles. The van der Waals surface area contributed by atoms with E-state index in [-0.39, 0.29) is 22.3 Å². The number of aromatic nitrogens is 2. The molecule has 0 aliphatic rings. The number of thiocarbonyl (C=S) groups is 1. The molecule has 0 saturated carbocycles. The molecule has 0 aliphatic carbocycles. The van der Waals surface area contributed by atoms with E-state index < -0.39 is 0 Å². The van der Waals surface area contributed by atoms with Crippen molar-refractivity contribution in [3.05, 3.63) is 40.5 Å². The molecule has 4 N–H and O–H groups in total. The highest BCUT2D eigenvalue weighted by Gasteiger charge is 2.21. The highest BCUT2D eigenvalue weighted by atomic mass is 35.5. The van der Waals surface area contributed by atoms with Crippen LogP contribution in [0.3, 0.4) is 0 Å². The van der Waals surface area contributed by atoms with Gasteiger partial charge in [-0.2, -0.15) is 5.10 Å². The summed E-state index contributed by atoms with van der Waals surface area (Å²) in [6.45, 7) is 1.38. The first kappa shape index (κ1) is 13.5. The number of carbonyl (C=O) groups is 1. The summed E-state index contributed by atoms with van der Waals surface area (Å²) in [7, 11) is 0. The van der Waals surface area contributed by atoms with E-state index >= 15 is 0 Å². The summed E-state index contributed by atoms with van der Waals surface area (Å²) in [5, 5.41) is 4.76. The van der Waals surface area contributed by atoms with Crippen LogP contribution in [0, 0.1) is 0 Å². The van der Waals surface area contributed by atoms with Gasteiger partial charge < -0.3 is 11.5 Å². The van der Waals surface area contributed by atoms with Crippen LogP contribution in [0.25, 0.3) is 5.69 Å². The number of Topliss-reactive ketones (excluding diaryl/α,β-unsaturated/α-hetero) is 1. The quantitative estimate of drug-likeness (QED) is 0.667. The van der Waals surface area contributed by atoms with Crippen molar-refractivity contribution in [2.45, 2.75) is 6.92 Å². The number of halogens is 1. The smallest absolute Gasteiger partial charge is 0.180 e. The number of anilines is 1. The second-order valence-electron chi connectivity index (χ2n) is 3.92. The summed E-state index contributed by atoms with van der Waals surface area (Å²) in [6.07, 6.45) is 0. The van der Waals surface area contributed by atoms with Crippen molar-refractivity contribution < 1.29 is 4.79 Å². The van der Waals surface area contributed by atoms with E-state index in [0.29, 0.717) is 16.3 Å². The molecule has 2 rings (SSSR count). The SMILES string of the molecule is CC(=O)c1nn(-c2ccc(Cl)cc2)c(N)c1C(N)=S. The zero-order chi connectivity index (χ0) is 14.2. The third kappa shape index (κ3) is 2.45. The Morgan fingerprint density at radius 3 is 2.37 bits per heavy atom. The molecule has 0 fully saturated rings. The van der Waals surface area contributed by atoms with Gasteiger partial charge in [-0.1, -0.05) is 23.8 Å². The van der Waals surface area contributed by atoms with Crippen molar-refractivity contribution in [2.75, 3.05) is 5.73 Å². The summed E-state index contributed by atoms with van der Waals surface area (Å²) in [6, 6.07) is 6.87. The summed E-state index contributed by atoms with van der Waals surface area (Å²) >= 11 is 10.7. The second-order valence-corrected chi connectivity index (χ2v) is 4.79. The predicted octanol–water partition coefficient (Wildman–Crippen LogP) is 1.94. The molecule has 0 bridgehead atoms. The average Bonchev–Trinajstić information content (AvgIpc) is 2.68. The Morgan fingerprint density at radius 1 is 1.37 bits per heavy atom. The maximum atomic E-state index is 11.6. The van der Waals surface area contributed by atoms with E-state index in [1.165, 1.54) is 11.6 Å². The zero-order valence-electron chi connectivity index (χ0n) is 10.1. The van der Waals surface area contributed by atoms with Gasteiger partial charge in [0, 0.05) is 11.9 Å². The van der Waals surface area contributed by atoms with Gasteiger partial charge in [-0.05, 0) is 24.3 Å². The van der Waals surface area contributed by atoms with E-state index in [1.807, 2.05) is 0 Å². The van der Waals surface area contributed by atoms with Crippen molar-refractivity contribution >= 4 is 40.4 Å². The number of rotatable bonds is 3. The Bertz CT molecular complexity index is 663. The van der Waals surface area contributed by atoms with Crippen molar-refractivity contribution in [3.8, 4) is 5.69 Å². The standard InChI is InChI=1S/C12H11ClN4OS/c1-6(18)10-9(12(15)19)11(14)17(16-10)8-4-2-7(13)3-5-8/h2-5H,14H2,1H3,(H2,15,19). The van der Waals surface area contributed by atoms with Crippen molar-refractivity contribution in [2.24, 2.45) is 5.73 Å². The molecule has 0 saturated heterocycles. The third-order valence-electron chi connectivity index (χ3n) is 2.57. The van der Waals surface area contributed by atoms with Gasteiger partial charge in [0.15, 0.2) is 5.78 Å². The van der Waals surface area contributed by atoms with Gasteiger partial charge >= 0.3 is 0 Å². The monoisotopic (exact) mass is 294 g/mol. The molecule has 1 aromatic carbocycles. The van der Waals surface area contributed by atoms with Crippen LogP contribution in [0.1, 0.15) is 23.0 Å². The molecule has 0 radical (unpaired) electrons. The zero-order valence-corrected chi connectivity index (χ0v) is 11.6. The van der Waals surface area contributed by atoms with Crippen LogP contribution < -0.4 is 11.5 Å². The fraction of sp³-hybridized carbons (Fsp3) is 0.0833. The van der Waals surface area contributed by atoms with Crippen LogP contribution in [-0.4, -0.2) is 20.6 Å². The molecule has 98 valence electrons. The van der Waals surface area contributed by atoms with Crippen LogP contribution in [0.4, 0.5) is 5.82 Å². The number of nitrogens with zero attached hydrogens (tertiary/aromatic N) is 2. The van der Waals surface area contributed by atoms with Gasteiger partial charge in [-0.25, -0.2) is 4.68 Å². The lowest BCUT2D eigenvalue weighted by Gasteiger charge is -2.04. The highest BCUT2D eigenvalue weighted by molar-refractivity contribution is 7.80. The molecular formula is C12H11ClN4OS. The number of benzene rings is 1. The van der Waals surface area contributed by atoms with Crippen molar-refractivity contribution in [3.63, 3.8) is 0 Å². The molecule has 0 amide bonds. The van der Waals surface area contributed by atoms with Gasteiger partial charge in [0.05, 0.1) is 11.3 Å². The van der Waals surface area contributed by atoms with E-state index in [4.69, 9.17) is 35.3 Å². The first-order valence-electron chi connectivity index (χ1n) is 5.37. The van der Waals surface area contributed by atoms with Crippen molar-refractivity contribution in [1.29, 1.82) is 0 Å². The minimum atomic E-state index is -0.248. The Balaban J connectivity index is 2.65. The molecule has 2 aromatic rings. The van der Waals surface area contributed by atoms with Crippen LogP contribution in [-0.2, 0) is 0 Å². The van der Waals surface area contributed by atoms with Crippen LogP contribution in [0.2, 0.25) is 5.02 Å². The number of hydrogen-bond donors (Lipinski definition) is 2. The minimum absolute atomic E-state index is 0.0444. The molecule has 0 unspecified atom stereocenters. The fourth-order valence-corrected chi connectivity index (χ4v) is 2.03. The highest BCUT2D eigenvalue weighted by Crippen LogP contribution is 2.22. The Labute approximate surface area is 120 Å². The summed E-state index contributed by atoms with van der Waals surface area (Å²) < 4.78 is 1.42. The number of carbonyl (C=O) groups excluding carboxylic acids is 1. The largest absolute Gasteiger partial charge is 0.389 e. The van der Waals surface area contributed by atoms with Crippen LogP contribution >= 0.6 is 23.8 Å². The Morgan fingerprint density at radius 2 is 1.95 bits per heavy atom. The molecule has 1 aromatic heterocycles. The lowest BCUT2D eigenvalue weighted by Crippen LogP contribution is -2.15. The maximum Gasteiger partial charge on any atom is 0.180 e. The van der Waals surface area contributed by atoms with E-state index in [2.05, 4.69) is 5.10 Å². The lowest BCUT2D eigenvalue weighted by molar-refractivity contribution is 0.101. The summed E-state index contributed by atoms with van der Waals surface area (Å²) in [5.41, 5.74) is 12.7. The first-order valence-corrected chi connectivity index (χ1v) is 6.15. The molecule has 5 nitrogen and oxygen atoms in total. The molecule has 7 heteroatoms. The van der Waals surface area contributed by atoms with Gasteiger partial charge in [0.2, 0.25) is 0 Å². The first-order chi connectivity index (χ1) is 8.91. The summed E-state index contributed by atoms with van der Waals surface area (Å²) in [5.74, 6) is -0.0118. The average molecular weight is 295 g/mol. The van der Waals surface area contributed by atoms with Gasteiger partial charge in [0.1, 0.15) is 16.5 Å². The normalized spacial score (nSPS) is 10.4. The van der Waals surface area contributed by atoms with E-state index in [0.717, 1.165) is 0 Å². The second kappa shape index (κ2) is 4.99. The maximum absolute atomic E-state index is 11.6. The molecule has 19 heavy (non-hydrogen) atoms. The van der Waals surface area contributed by atoms with E-state index in [1.54, 1.807) is 24.3 Å². The number of nitrogens with two attached hydrogens (primary N) is 2. The molecular weight excluding hydrogens is 284 g/mol. The van der Waals surface area contributed by atoms with Gasteiger partial charge in [-0.15, -0.1) is 0 Å². The van der Waals surface area contributed by atoms with Crippen molar-refractivity contribution in [1.82, 2.24) is 9.78 Å². The molecule has 1 heterocycles. The lowest BCUT2D eigenvalue weighted by atomic mass is 10.2. The third-order valence-corrected chi connectivity index (χ3v) is 3.03. The predicted molar refractivity (Wildman–Crippen MR) is 78.9 cm³/mol. The molecule has 0 atom stereocenters. The number of nitrogen functional groups attached to an aromatic ring is 1. The Kier molecular flexibility index (Phi) is 3.55. The molecule has 0 spiro atoms. The van der Waals surface area contributed by atoms with E-state index in [9.17, 15) is 4.79 Å². The van der Waals surface area contributed by atoms with Gasteiger partial charge in [-0.3, -0.25) is 4.79 Å². The fourth-order valence-electron chi connectivity index (χ4n) is 1.70. The number of hydrogen-bond acceptors (Lipinski definition) is 4. The number of ketones is 1.